The molecule has 1 atom stereocenters. The Morgan fingerprint density at radius 2 is 2.56 bits per heavy atom. The average molecular weight is 210 g/mol. The summed E-state index contributed by atoms with van der Waals surface area (Å²) >= 11 is 4.54. The monoisotopic (exact) mass is 209 g/mol. The molecule has 0 fully saturated rings. The fraction of sp³-hybridized carbons (Fsp3) is 0.400. The maximum Gasteiger partial charge on any atom is 0.159 e. The summed E-state index contributed by atoms with van der Waals surface area (Å²) in [6.45, 7) is 1.47. The minimum absolute atomic E-state index is 0.506. The van der Waals surface area contributed by atoms with Crippen molar-refractivity contribution in [1.29, 1.82) is 0 Å². The third-order valence-corrected chi connectivity index (χ3v) is 2.28. The highest BCUT2D eigenvalue weighted by atomic mass is 79.9. The minimum atomic E-state index is -0.951. The third-order valence-electron chi connectivity index (χ3n) is 0.901. The van der Waals surface area contributed by atoms with Crippen molar-refractivity contribution < 1.29 is 4.39 Å². The zero-order chi connectivity index (χ0) is 6.85. The summed E-state index contributed by atoms with van der Waals surface area (Å²) in [5.74, 6) is 0. The fourth-order valence-electron chi connectivity index (χ4n) is 0.446. The Labute approximate surface area is 65.1 Å². The molecule has 0 aliphatic carbocycles. The first-order chi connectivity index (χ1) is 4.20. The van der Waals surface area contributed by atoms with Crippen LogP contribution in [0.2, 0.25) is 0 Å². The van der Waals surface area contributed by atoms with Gasteiger partial charge in [-0.05, 0) is 22.9 Å². The first-order valence-electron chi connectivity index (χ1n) is 2.45. The van der Waals surface area contributed by atoms with Crippen molar-refractivity contribution in [2.45, 2.75) is 13.1 Å². The molecule has 0 aliphatic rings. The van der Waals surface area contributed by atoms with Gasteiger partial charge in [0.15, 0.2) is 3.92 Å². The van der Waals surface area contributed by atoms with Gasteiger partial charge in [-0.3, -0.25) is 0 Å². The van der Waals surface area contributed by atoms with Crippen LogP contribution in [0.4, 0.5) is 4.39 Å². The predicted octanol–water partition coefficient (Wildman–Crippen LogP) is 2.94. The number of thiazole rings is 1. The normalized spacial score (nSPS) is 13.7. The van der Waals surface area contributed by atoms with Crippen molar-refractivity contribution in [3.63, 3.8) is 0 Å². The molecule has 1 aromatic heterocycles. The molecule has 50 valence electrons. The highest BCUT2D eigenvalue weighted by Crippen LogP contribution is 2.22. The van der Waals surface area contributed by atoms with Crippen LogP contribution in [0.1, 0.15) is 18.8 Å². The lowest BCUT2D eigenvalue weighted by Gasteiger charge is -1.90. The predicted molar refractivity (Wildman–Crippen MR) is 39.3 cm³/mol. The first-order valence-corrected chi connectivity index (χ1v) is 4.12. The van der Waals surface area contributed by atoms with E-state index in [1.165, 1.54) is 18.3 Å². The summed E-state index contributed by atoms with van der Waals surface area (Å²) in [4.78, 5) is 3.87. The molecule has 1 nitrogen and oxygen atoms in total. The highest BCUT2D eigenvalue weighted by Gasteiger charge is 2.05. The van der Waals surface area contributed by atoms with E-state index in [4.69, 9.17) is 0 Å². The van der Waals surface area contributed by atoms with E-state index in [0.29, 0.717) is 5.69 Å². The van der Waals surface area contributed by atoms with Crippen molar-refractivity contribution in [2.24, 2.45) is 0 Å². The first kappa shape index (κ1) is 7.15. The molecule has 0 N–H and O–H groups in total. The van der Waals surface area contributed by atoms with Crippen molar-refractivity contribution >= 4 is 27.3 Å². The third kappa shape index (κ3) is 1.72. The van der Waals surface area contributed by atoms with Crippen LogP contribution in [-0.4, -0.2) is 4.98 Å². The molecule has 0 saturated heterocycles. The molecule has 1 unspecified atom stereocenters. The Bertz CT molecular complexity index is 199. The number of hydrogen-bond acceptors (Lipinski definition) is 2. The Hall–Kier alpha value is 0.0400. The topological polar surface area (TPSA) is 12.9 Å². The van der Waals surface area contributed by atoms with E-state index in [1.54, 1.807) is 5.38 Å². The van der Waals surface area contributed by atoms with Crippen molar-refractivity contribution in [2.75, 3.05) is 0 Å². The van der Waals surface area contributed by atoms with Gasteiger partial charge in [-0.15, -0.1) is 11.3 Å². The average Bonchev–Trinajstić information content (AvgIpc) is 2.14. The second-order valence-corrected chi connectivity index (χ2v) is 3.78. The number of halogens is 2. The zero-order valence-electron chi connectivity index (χ0n) is 4.77. The van der Waals surface area contributed by atoms with Crippen molar-refractivity contribution in [3.8, 4) is 0 Å². The lowest BCUT2D eigenvalue weighted by molar-refractivity contribution is 0.367. The summed E-state index contributed by atoms with van der Waals surface area (Å²) in [6, 6.07) is 0. The Balaban J connectivity index is 2.85. The number of alkyl halides is 1. The van der Waals surface area contributed by atoms with E-state index in [1.807, 2.05) is 0 Å². The molecular formula is C5H5BrFNS. The van der Waals surface area contributed by atoms with Gasteiger partial charge < -0.3 is 0 Å². The van der Waals surface area contributed by atoms with Crippen LogP contribution in [0.25, 0.3) is 0 Å². The summed E-state index contributed by atoms with van der Waals surface area (Å²) in [7, 11) is 0. The number of hydrogen-bond donors (Lipinski definition) is 0. The molecule has 0 amide bonds. The van der Waals surface area contributed by atoms with Crippen LogP contribution < -0.4 is 0 Å². The van der Waals surface area contributed by atoms with Gasteiger partial charge in [0.25, 0.3) is 0 Å². The van der Waals surface area contributed by atoms with Gasteiger partial charge in [0.05, 0.1) is 5.69 Å². The fourth-order valence-corrected chi connectivity index (χ4v) is 1.55. The van der Waals surface area contributed by atoms with Crippen LogP contribution in [0.5, 0.6) is 0 Å². The highest BCUT2D eigenvalue weighted by molar-refractivity contribution is 9.11. The van der Waals surface area contributed by atoms with E-state index in [2.05, 4.69) is 20.9 Å². The van der Waals surface area contributed by atoms with Gasteiger partial charge in [0, 0.05) is 5.38 Å². The van der Waals surface area contributed by atoms with Gasteiger partial charge in [-0.25, -0.2) is 9.37 Å². The Kier molecular flexibility index (Phi) is 2.18. The van der Waals surface area contributed by atoms with E-state index < -0.39 is 6.17 Å². The molecular weight excluding hydrogens is 205 g/mol. The molecule has 0 saturated carbocycles. The summed E-state index contributed by atoms with van der Waals surface area (Å²) in [5.41, 5.74) is 0.506. The Morgan fingerprint density at radius 1 is 1.89 bits per heavy atom. The standard InChI is InChI=1S/C5H5BrFNS/c1-3(7)4-2-9-5(6)8-4/h2-3H,1H3. The largest absolute Gasteiger partial charge is 0.241 e. The molecule has 0 radical (unpaired) electrons. The summed E-state index contributed by atoms with van der Waals surface area (Å²) < 4.78 is 13.1. The number of rotatable bonds is 1. The van der Waals surface area contributed by atoms with E-state index in [-0.39, 0.29) is 0 Å². The van der Waals surface area contributed by atoms with E-state index in [9.17, 15) is 4.39 Å². The smallest absolute Gasteiger partial charge is 0.159 e. The number of nitrogens with zero attached hydrogens (tertiary/aromatic N) is 1. The van der Waals surface area contributed by atoms with Gasteiger partial charge in [-0.1, -0.05) is 0 Å². The molecule has 4 heteroatoms. The second kappa shape index (κ2) is 2.75. The maximum atomic E-state index is 12.4. The number of aromatic nitrogens is 1. The van der Waals surface area contributed by atoms with Crippen LogP contribution in [0.15, 0.2) is 9.30 Å². The molecule has 0 aromatic carbocycles. The van der Waals surface area contributed by atoms with E-state index in [0.717, 1.165) is 3.92 Å². The molecule has 0 aliphatic heterocycles. The molecule has 1 heterocycles. The van der Waals surface area contributed by atoms with Gasteiger partial charge in [-0.2, -0.15) is 0 Å². The minimum Gasteiger partial charge on any atom is -0.241 e. The molecule has 9 heavy (non-hydrogen) atoms. The zero-order valence-corrected chi connectivity index (χ0v) is 7.17. The van der Waals surface area contributed by atoms with Crippen molar-refractivity contribution in [3.05, 3.63) is 15.0 Å². The second-order valence-electron chi connectivity index (χ2n) is 1.64. The molecule has 1 aromatic rings. The molecule has 0 bridgehead atoms. The quantitative estimate of drug-likeness (QED) is 0.694. The van der Waals surface area contributed by atoms with Crippen LogP contribution in [0.3, 0.4) is 0 Å². The van der Waals surface area contributed by atoms with Gasteiger partial charge in [0.2, 0.25) is 0 Å². The van der Waals surface area contributed by atoms with Crippen LogP contribution in [0, 0.1) is 0 Å². The summed E-state index contributed by atoms with van der Waals surface area (Å²) in [5, 5.41) is 1.70. The molecule has 0 spiro atoms. The van der Waals surface area contributed by atoms with Crippen LogP contribution >= 0.6 is 27.3 Å². The maximum absolute atomic E-state index is 12.4. The van der Waals surface area contributed by atoms with Gasteiger partial charge >= 0.3 is 0 Å². The Morgan fingerprint density at radius 3 is 2.78 bits per heavy atom. The van der Waals surface area contributed by atoms with Gasteiger partial charge in [0.1, 0.15) is 6.17 Å². The SMILES string of the molecule is CC(F)c1csc(Br)n1. The lowest BCUT2D eigenvalue weighted by atomic mass is 10.3. The van der Waals surface area contributed by atoms with Crippen LogP contribution in [-0.2, 0) is 0 Å². The van der Waals surface area contributed by atoms with Crippen molar-refractivity contribution in [1.82, 2.24) is 4.98 Å². The lowest BCUT2D eigenvalue weighted by Crippen LogP contribution is -1.82. The van der Waals surface area contributed by atoms with E-state index >= 15 is 0 Å². The molecule has 1 rings (SSSR count). The summed E-state index contributed by atoms with van der Waals surface area (Å²) in [6.07, 6.45) is -0.951.